The minimum Gasteiger partial charge on any atom is -0.481 e. The summed E-state index contributed by atoms with van der Waals surface area (Å²) < 4.78 is 0. The van der Waals surface area contributed by atoms with E-state index >= 15 is 0 Å². The van der Waals surface area contributed by atoms with Crippen molar-refractivity contribution in [2.24, 2.45) is 5.73 Å². The normalized spacial score (nSPS) is 13.0. The maximum absolute atomic E-state index is 10.1. The monoisotopic (exact) mass is 145 g/mol. The van der Waals surface area contributed by atoms with Crippen LogP contribution in [0.5, 0.6) is 0 Å². The summed E-state index contributed by atoms with van der Waals surface area (Å²) in [6.07, 6.45) is 2.75. The second-order valence-electron chi connectivity index (χ2n) is 2.48. The van der Waals surface area contributed by atoms with Gasteiger partial charge in [-0.25, -0.2) is 0 Å². The molecule has 0 fully saturated rings. The molecular formula is C7H15NO2. The Bertz CT molecular complexity index is 104. The van der Waals surface area contributed by atoms with E-state index in [0.717, 1.165) is 12.8 Å². The molecule has 0 bridgehead atoms. The lowest BCUT2D eigenvalue weighted by Crippen LogP contribution is -2.20. The summed E-state index contributed by atoms with van der Waals surface area (Å²) >= 11 is 0. The van der Waals surface area contributed by atoms with Crippen molar-refractivity contribution in [3.8, 4) is 0 Å². The number of carboxylic acid groups (broad SMARTS) is 1. The van der Waals surface area contributed by atoms with Crippen LogP contribution in [-0.2, 0) is 4.79 Å². The van der Waals surface area contributed by atoms with Gasteiger partial charge in [0.05, 0.1) is 0 Å². The highest BCUT2D eigenvalue weighted by Gasteiger charge is 2.03. The Morgan fingerprint density at radius 3 is 2.60 bits per heavy atom. The van der Waals surface area contributed by atoms with E-state index in [1.165, 1.54) is 0 Å². The Hall–Kier alpha value is -0.570. The van der Waals surface area contributed by atoms with Crippen LogP contribution in [0, 0.1) is 0 Å². The lowest BCUT2D eigenvalue weighted by molar-refractivity contribution is -0.137. The lowest BCUT2D eigenvalue weighted by Gasteiger charge is -2.06. The second kappa shape index (κ2) is 5.23. The van der Waals surface area contributed by atoms with Gasteiger partial charge in [0.1, 0.15) is 0 Å². The molecule has 0 saturated carbocycles. The van der Waals surface area contributed by atoms with Gasteiger partial charge in [-0.15, -0.1) is 0 Å². The first kappa shape index (κ1) is 9.43. The van der Waals surface area contributed by atoms with E-state index in [2.05, 4.69) is 0 Å². The van der Waals surface area contributed by atoms with Crippen LogP contribution in [0.2, 0.25) is 0 Å². The summed E-state index contributed by atoms with van der Waals surface area (Å²) in [7, 11) is 0. The molecule has 3 nitrogen and oxygen atoms in total. The molecule has 0 radical (unpaired) electrons. The van der Waals surface area contributed by atoms with Crippen LogP contribution in [0.25, 0.3) is 0 Å². The summed E-state index contributed by atoms with van der Waals surface area (Å²) in [5.41, 5.74) is 5.57. The molecule has 0 aromatic rings. The maximum atomic E-state index is 10.1. The number of nitrogens with two attached hydrogens (primary N) is 1. The van der Waals surface area contributed by atoms with Gasteiger partial charge >= 0.3 is 5.97 Å². The van der Waals surface area contributed by atoms with Crippen molar-refractivity contribution in [2.75, 3.05) is 0 Å². The number of hydrogen-bond acceptors (Lipinski definition) is 2. The quantitative estimate of drug-likeness (QED) is 0.606. The van der Waals surface area contributed by atoms with Crippen LogP contribution in [0.15, 0.2) is 0 Å². The molecule has 10 heavy (non-hydrogen) atoms. The Balaban J connectivity index is 3.21. The Kier molecular flexibility index (Phi) is 4.94. The first-order valence-electron chi connectivity index (χ1n) is 3.64. The summed E-state index contributed by atoms with van der Waals surface area (Å²) in [5, 5.41) is 8.28. The molecule has 3 heteroatoms. The molecule has 1 unspecified atom stereocenters. The third-order valence-corrected chi connectivity index (χ3v) is 1.39. The SMILES string of the molecule is CCCC(N)CCC(=O)O. The fourth-order valence-electron chi connectivity index (χ4n) is 0.824. The predicted octanol–water partition coefficient (Wildman–Crippen LogP) is 0.979. The molecule has 3 N–H and O–H groups in total. The average molecular weight is 145 g/mol. The van der Waals surface area contributed by atoms with Crippen LogP contribution in [-0.4, -0.2) is 17.1 Å². The molecule has 0 aliphatic carbocycles. The number of carboxylic acids is 1. The van der Waals surface area contributed by atoms with Crippen molar-refractivity contribution >= 4 is 5.97 Å². The molecule has 60 valence electrons. The molecule has 0 spiro atoms. The van der Waals surface area contributed by atoms with E-state index in [1.807, 2.05) is 6.92 Å². The fourth-order valence-corrected chi connectivity index (χ4v) is 0.824. The van der Waals surface area contributed by atoms with Gasteiger partial charge in [0.15, 0.2) is 0 Å². The first-order valence-corrected chi connectivity index (χ1v) is 3.64. The number of hydrogen-bond donors (Lipinski definition) is 2. The van der Waals surface area contributed by atoms with E-state index in [-0.39, 0.29) is 12.5 Å². The zero-order valence-electron chi connectivity index (χ0n) is 6.34. The highest BCUT2D eigenvalue weighted by atomic mass is 16.4. The molecule has 0 rings (SSSR count). The fraction of sp³-hybridized carbons (Fsp3) is 0.857. The molecule has 0 aliphatic heterocycles. The van der Waals surface area contributed by atoms with Crippen molar-refractivity contribution in [3.05, 3.63) is 0 Å². The standard InChI is InChI=1S/C7H15NO2/c1-2-3-6(8)4-5-7(9)10/h6H,2-5,8H2,1H3,(H,9,10). The third kappa shape index (κ3) is 5.56. The lowest BCUT2D eigenvalue weighted by atomic mass is 10.1. The zero-order chi connectivity index (χ0) is 7.98. The number of carbonyl (C=O) groups is 1. The smallest absolute Gasteiger partial charge is 0.303 e. The molecule has 0 aromatic heterocycles. The minimum absolute atomic E-state index is 0.0705. The van der Waals surface area contributed by atoms with Gasteiger partial charge in [-0.2, -0.15) is 0 Å². The van der Waals surface area contributed by atoms with Crippen molar-refractivity contribution in [1.29, 1.82) is 0 Å². The van der Waals surface area contributed by atoms with E-state index in [4.69, 9.17) is 10.8 Å². The van der Waals surface area contributed by atoms with Crippen LogP contribution in [0.4, 0.5) is 0 Å². The summed E-state index contributed by atoms with van der Waals surface area (Å²) in [6, 6.07) is 0.0705. The maximum Gasteiger partial charge on any atom is 0.303 e. The van der Waals surface area contributed by atoms with Gasteiger partial charge in [0.2, 0.25) is 0 Å². The predicted molar refractivity (Wildman–Crippen MR) is 39.8 cm³/mol. The highest BCUT2D eigenvalue weighted by molar-refractivity contribution is 5.66. The van der Waals surface area contributed by atoms with Gasteiger partial charge in [-0.05, 0) is 12.8 Å². The Morgan fingerprint density at radius 2 is 2.20 bits per heavy atom. The number of aliphatic carboxylic acids is 1. The van der Waals surface area contributed by atoms with Crippen molar-refractivity contribution in [1.82, 2.24) is 0 Å². The highest BCUT2D eigenvalue weighted by Crippen LogP contribution is 2.00. The van der Waals surface area contributed by atoms with Crippen LogP contribution in [0.1, 0.15) is 32.6 Å². The van der Waals surface area contributed by atoms with Gasteiger partial charge in [0.25, 0.3) is 0 Å². The molecule has 0 amide bonds. The second-order valence-corrected chi connectivity index (χ2v) is 2.48. The average Bonchev–Trinajstić information content (AvgIpc) is 1.85. The molecule has 0 aromatic carbocycles. The van der Waals surface area contributed by atoms with Gasteiger partial charge in [0, 0.05) is 12.5 Å². The number of rotatable bonds is 5. The van der Waals surface area contributed by atoms with E-state index in [0.29, 0.717) is 6.42 Å². The van der Waals surface area contributed by atoms with Crippen molar-refractivity contribution in [3.63, 3.8) is 0 Å². The largest absolute Gasteiger partial charge is 0.481 e. The minimum atomic E-state index is -0.758. The molecular weight excluding hydrogens is 130 g/mol. The van der Waals surface area contributed by atoms with E-state index < -0.39 is 5.97 Å². The van der Waals surface area contributed by atoms with Crippen LogP contribution < -0.4 is 5.73 Å². The summed E-state index contributed by atoms with van der Waals surface area (Å²) in [4.78, 5) is 10.1. The van der Waals surface area contributed by atoms with Gasteiger partial charge < -0.3 is 10.8 Å². The van der Waals surface area contributed by atoms with E-state index in [9.17, 15) is 4.79 Å². The van der Waals surface area contributed by atoms with Crippen LogP contribution in [0.3, 0.4) is 0 Å². The molecule has 0 heterocycles. The molecule has 1 atom stereocenters. The Morgan fingerprint density at radius 1 is 1.60 bits per heavy atom. The molecule has 0 saturated heterocycles. The zero-order valence-corrected chi connectivity index (χ0v) is 6.34. The first-order chi connectivity index (χ1) is 4.66. The topological polar surface area (TPSA) is 63.3 Å². The van der Waals surface area contributed by atoms with Crippen molar-refractivity contribution < 1.29 is 9.90 Å². The van der Waals surface area contributed by atoms with E-state index in [1.54, 1.807) is 0 Å². The Labute approximate surface area is 61.2 Å². The molecule has 0 aliphatic rings. The van der Waals surface area contributed by atoms with Gasteiger partial charge in [-0.3, -0.25) is 4.79 Å². The third-order valence-electron chi connectivity index (χ3n) is 1.39. The van der Waals surface area contributed by atoms with Crippen molar-refractivity contribution in [2.45, 2.75) is 38.6 Å². The summed E-state index contributed by atoms with van der Waals surface area (Å²) in [5.74, 6) is -0.758. The summed E-state index contributed by atoms with van der Waals surface area (Å²) in [6.45, 7) is 2.04. The van der Waals surface area contributed by atoms with Crippen LogP contribution >= 0.6 is 0 Å². The van der Waals surface area contributed by atoms with Gasteiger partial charge in [-0.1, -0.05) is 13.3 Å².